The molecule has 0 unspecified atom stereocenters. The number of carbonyl (C=O) groups excluding carboxylic acids is 2. The van der Waals surface area contributed by atoms with Crippen molar-refractivity contribution in [2.45, 2.75) is 25.2 Å². The maximum Gasteiger partial charge on any atom is 0.245 e. The van der Waals surface area contributed by atoms with Gasteiger partial charge >= 0.3 is 0 Å². The third-order valence-electron chi connectivity index (χ3n) is 5.19. The van der Waals surface area contributed by atoms with E-state index in [1.807, 2.05) is 35.2 Å². The minimum atomic E-state index is -0.487. The molecule has 0 atom stereocenters. The fraction of sp³-hybridized carbons (Fsp3) is 0.474. The molecule has 0 aliphatic carbocycles. The number of hydrogen-bond donors (Lipinski definition) is 0. The molecule has 0 bridgehead atoms. The summed E-state index contributed by atoms with van der Waals surface area (Å²) in [7, 11) is 0. The van der Waals surface area contributed by atoms with Crippen molar-refractivity contribution in [3.8, 4) is 0 Å². The quantitative estimate of drug-likeness (QED) is 0.803. The molecule has 122 valence electrons. The van der Waals surface area contributed by atoms with Crippen LogP contribution in [0.15, 0.2) is 43.0 Å². The van der Waals surface area contributed by atoms with Crippen LogP contribution in [0.4, 0.5) is 0 Å². The van der Waals surface area contributed by atoms with Gasteiger partial charge in [-0.05, 0) is 30.4 Å². The predicted octanol–water partition coefficient (Wildman–Crippen LogP) is 2.21. The third-order valence-corrected chi connectivity index (χ3v) is 5.19. The van der Waals surface area contributed by atoms with Crippen LogP contribution in [0.5, 0.6) is 0 Å². The van der Waals surface area contributed by atoms with Gasteiger partial charge in [-0.25, -0.2) is 0 Å². The zero-order valence-corrected chi connectivity index (χ0v) is 13.7. The van der Waals surface area contributed by atoms with Gasteiger partial charge in [-0.1, -0.05) is 43.8 Å². The summed E-state index contributed by atoms with van der Waals surface area (Å²) in [4.78, 5) is 28.8. The number of amides is 2. The van der Waals surface area contributed by atoms with E-state index in [9.17, 15) is 9.59 Å². The van der Waals surface area contributed by atoms with Crippen molar-refractivity contribution in [2.24, 2.45) is 5.92 Å². The average Bonchev–Trinajstić information content (AvgIpc) is 2.58. The Kier molecular flexibility index (Phi) is 4.24. The van der Waals surface area contributed by atoms with Crippen molar-refractivity contribution in [2.75, 3.05) is 26.2 Å². The molecule has 2 saturated heterocycles. The molecule has 2 amide bonds. The van der Waals surface area contributed by atoms with Gasteiger partial charge in [0.1, 0.15) is 0 Å². The molecule has 0 spiro atoms. The Morgan fingerprint density at radius 3 is 2.26 bits per heavy atom. The number of carbonyl (C=O) groups is 2. The lowest BCUT2D eigenvalue weighted by atomic mass is 9.71. The first-order chi connectivity index (χ1) is 11.1. The van der Waals surface area contributed by atoms with E-state index >= 15 is 0 Å². The van der Waals surface area contributed by atoms with E-state index in [4.69, 9.17) is 0 Å². The van der Waals surface area contributed by atoms with E-state index in [2.05, 4.69) is 13.5 Å². The first-order valence-corrected chi connectivity index (χ1v) is 8.33. The molecule has 2 heterocycles. The second kappa shape index (κ2) is 6.19. The fourth-order valence-electron chi connectivity index (χ4n) is 3.79. The fourth-order valence-corrected chi connectivity index (χ4v) is 3.79. The topological polar surface area (TPSA) is 40.6 Å². The SMILES string of the molecule is C=CC(=O)N1CCC(C(=O)N2CC(C)C2)(c2ccccc2)CC1. The molecular weight excluding hydrogens is 288 g/mol. The van der Waals surface area contributed by atoms with Crippen molar-refractivity contribution in [3.05, 3.63) is 48.6 Å². The van der Waals surface area contributed by atoms with E-state index in [-0.39, 0.29) is 11.8 Å². The lowest BCUT2D eigenvalue weighted by molar-refractivity contribution is -0.147. The second-order valence-corrected chi connectivity index (χ2v) is 6.79. The summed E-state index contributed by atoms with van der Waals surface area (Å²) >= 11 is 0. The van der Waals surface area contributed by atoms with Crippen LogP contribution in [-0.2, 0) is 15.0 Å². The highest BCUT2D eigenvalue weighted by Crippen LogP contribution is 2.39. The minimum Gasteiger partial charge on any atom is -0.341 e. The monoisotopic (exact) mass is 312 g/mol. The Balaban J connectivity index is 1.86. The highest BCUT2D eigenvalue weighted by Gasteiger charge is 2.47. The summed E-state index contributed by atoms with van der Waals surface area (Å²) in [6, 6.07) is 10.1. The van der Waals surface area contributed by atoms with Crippen LogP contribution < -0.4 is 0 Å². The average molecular weight is 312 g/mol. The van der Waals surface area contributed by atoms with E-state index in [0.29, 0.717) is 31.8 Å². The lowest BCUT2D eigenvalue weighted by Crippen LogP contribution is -2.59. The van der Waals surface area contributed by atoms with Gasteiger partial charge in [-0.15, -0.1) is 0 Å². The molecule has 0 radical (unpaired) electrons. The molecule has 0 saturated carbocycles. The predicted molar refractivity (Wildman–Crippen MR) is 89.9 cm³/mol. The lowest BCUT2D eigenvalue weighted by Gasteiger charge is -2.47. The molecule has 3 rings (SSSR count). The molecular formula is C19H24N2O2. The van der Waals surface area contributed by atoms with Crippen LogP contribution in [0.2, 0.25) is 0 Å². The Labute approximate surface area is 137 Å². The van der Waals surface area contributed by atoms with Gasteiger partial charge in [0.2, 0.25) is 11.8 Å². The van der Waals surface area contributed by atoms with Crippen molar-refractivity contribution in [3.63, 3.8) is 0 Å². The molecule has 0 aromatic heterocycles. The number of rotatable bonds is 3. The molecule has 23 heavy (non-hydrogen) atoms. The van der Waals surface area contributed by atoms with Crippen LogP contribution in [-0.4, -0.2) is 47.8 Å². The van der Waals surface area contributed by atoms with Gasteiger partial charge in [0.15, 0.2) is 0 Å². The number of likely N-dealkylation sites (tertiary alicyclic amines) is 2. The van der Waals surface area contributed by atoms with Crippen molar-refractivity contribution < 1.29 is 9.59 Å². The summed E-state index contributed by atoms with van der Waals surface area (Å²) < 4.78 is 0. The normalized spacial score (nSPS) is 20.7. The van der Waals surface area contributed by atoms with Gasteiger partial charge in [-0.3, -0.25) is 9.59 Å². The van der Waals surface area contributed by atoms with Crippen LogP contribution in [0, 0.1) is 5.92 Å². The van der Waals surface area contributed by atoms with E-state index in [0.717, 1.165) is 18.7 Å². The maximum atomic E-state index is 13.2. The Hall–Kier alpha value is -2.10. The summed E-state index contributed by atoms with van der Waals surface area (Å²) in [5.41, 5.74) is 0.592. The summed E-state index contributed by atoms with van der Waals surface area (Å²) in [6.45, 7) is 8.64. The summed E-state index contributed by atoms with van der Waals surface area (Å²) in [5.74, 6) is 0.776. The Morgan fingerprint density at radius 2 is 1.74 bits per heavy atom. The minimum absolute atomic E-state index is 0.0447. The zero-order chi connectivity index (χ0) is 16.4. The van der Waals surface area contributed by atoms with Crippen LogP contribution >= 0.6 is 0 Å². The number of nitrogens with zero attached hydrogens (tertiary/aromatic N) is 2. The largest absolute Gasteiger partial charge is 0.341 e. The summed E-state index contributed by atoms with van der Waals surface area (Å²) in [5, 5.41) is 0. The summed E-state index contributed by atoms with van der Waals surface area (Å²) in [6.07, 6.45) is 2.72. The zero-order valence-electron chi connectivity index (χ0n) is 13.7. The first kappa shape index (κ1) is 15.8. The molecule has 1 aromatic rings. The van der Waals surface area contributed by atoms with Crippen molar-refractivity contribution in [1.82, 2.24) is 9.80 Å². The van der Waals surface area contributed by atoms with Gasteiger partial charge in [0.25, 0.3) is 0 Å². The Bertz CT molecular complexity index is 597. The highest BCUT2D eigenvalue weighted by atomic mass is 16.2. The van der Waals surface area contributed by atoms with Gasteiger partial charge in [-0.2, -0.15) is 0 Å². The van der Waals surface area contributed by atoms with Crippen molar-refractivity contribution in [1.29, 1.82) is 0 Å². The number of hydrogen-bond acceptors (Lipinski definition) is 2. The van der Waals surface area contributed by atoms with E-state index in [1.165, 1.54) is 6.08 Å². The molecule has 2 aliphatic rings. The number of piperidine rings is 1. The van der Waals surface area contributed by atoms with E-state index in [1.54, 1.807) is 4.90 Å². The molecule has 4 heteroatoms. The molecule has 0 N–H and O–H groups in total. The van der Waals surface area contributed by atoms with Gasteiger partial charge < -0.3 is 9.80 Å². The molecule has 2 aliphatic heterocycles. The standard InChI is InChI=1S/C19H24N2O2/c1-3-17(22)20-11-9-19(10-12-20,16-7-5-4-6-8-16)18(23)21-13-15(2)14-21/h3-8,15H,1,9-14H2,2H3. The third kappa shape index (κ3) is 2.78. The molecule has 2 fully saturated rings. The van der Waals surface area contributed by atoms with E-state index < -0.39 is 5.41 Å². The van der Waals surface area contributed by atoms with Gasteiger partial charge in [0.05, 0.1) is 5.41 Å². The van der Waals surface area contributed by atoms with Gasteiger partial charge in [0, 0.05) is 26.2 Å². The molecule has 1 aromatic carbocycles. The van der Waals surface area contributed by atoms with Crippen LogP contribution in [0.1, 0.15) is 25.3 Å². The number of benzene rings is 1. The maximum absolute atomic E-state index is 13.2. The second-order valence-electron chi connectivity index (χ2n) is 6.79. The molecule has 4 nitrogen and oxygen atoms in total. The van der Waals surface area contributed by atoms with Crippen molar-refractivity contribution >= 4 is 11.8 Å². The first-order valence-electron chi connectivity index (χ1n) is 8.33. The smallest absolute Gasteiger partial charge is 0.245 e. The Morgan fingerprint density at radius 1 is 1.13 bits per heavy atom. The van der Waals surface area contributed by atoms with Crippen LogP contribution in [0.25, 0.3) is 0 Å². The highest BCUT2D eigenvalue weighted by molar-refractivity contribution is 5.90. The van der Waals surface area contributed by atoms with Crippen LogP contribution in [0.3, 0.4) is 0 Å².